The molecule has 0 atom stereocenters. The van der Waals surface area contributed by atoms with Crippen LogP contribution in [0, 0.1) is 0 Å². The number of carbonyl (C=O) groups excluding carboxylic acids is 2. The summed E-state index contributed by atoms with van der Waals surface area (Å²) in [5.74, 6) is -0.181. The molecule has 4 N–H and O–H groups in total. The van der Waals surface area contributed by atoms with E-state index in [1.54, 1.807) is 18.2 Å². The van der Waals surface area contributed by atoms with E-state index in [9.17, 15) is 9.59 Å². The van der Waals surface area contributed by atoms with Crippen LogP contribution in [0.15, 0.2) is 18.2 Å². The smallest absolute Gasteiger partial charge is 0.251 e. The van der Waals surface area contributed by atoms with Crippen LogP contribution in [0.2, 0.25) is 0 Å². The first kappa shape index (κ1) is 14.5. The predicted molar refractivity (Wildman–Crippen MR) is 78.6 cm³/mol. The number of anilines is 1. The highest BCUT2D eigenvalue weighted by Gasteiger charge is 2.22. The van der Waals surface area contributed by atoms with Crippen molar-refractivity contribution < 1.29 is 9.59 Å². The molecule has 1 aromatic carbocycles. The zero-order valence-corrected chi connectivity index (χ0v) is 12.0. The highest BCUT2D eigenvalue weighted by Crippen LogP contribution is 2.23. The maximum atomic E-state index is 12.1. The first-order valence-electron chi connectivity index (χ1n) is 6.97. The number of amides is 2. The molecule has 0 fully saturated rings. The van der Waals surface area contributed by atoms with Crippen LogP contribution >= 0.6 is 0 Å². The van der Waals surface area contributed by atoms with E-state index in [4.69, 9.17) is 5.73 Å². The predicted octanol–water partition coefficient (Wildman–Crippen LogP) is 1.43. The monoisotopic (exact) mass is 275 g/mol. The largest absolute Gasteiger partial charge is 0.350 e. The summed E-state index contributed by atoms with van der Waals surface area (Å²) < 4.78 is 0. The van der Waals surface area contributed by atoms with Crippen molar-refractivity contribution in [2.45, 2.75) is 38.6 Å². The van der Waals surface area contributed by atoms with Gasteiger partial charge in [0.25, 0.3) is 5.91 Å². The van der Waals surface area contributed by atoms with Gasteiger partial charge in [0.1, 0.15) is 0 Å². The molecular formula is C15H21N3O2. The minimum absolute atomic E-state index is 0.0319. The van der Waals surface area contributed by atoms with E-state index in [2.05, 4.69) is 10.6 Å². The van der Waals surface area contributed by atoms with Gasteiger partial charge in [-0.15, -0.1) is 0 Å². The molecule has 0 unspecified atom stereocenters. The maximum absolute atomic E-state index is 12.1. The SMILES string of the molecule is CCC(N)(CC)CNC(=O)c1ccc2c(c1)CC(=O)N2. The molecule has 20 heavy (non-hydrogen) atoms. The number of carbonyl (C=O) groups is 2. The first-order valence-corrected chi connectivity index (χ1v) is 6.97. The average Bonchev–Trinajstić information content (AvgIpc) is 2.83. The lowest BCUT2D eigenvalue weighted by molar-refractivity contribution is -0.115. The van der Waals surface area contributed by atoms with Gasteiger partial charge in [-0.1, -0.05) is 13.8 Å². The fourth-order valence-electron chi connectivity index (χ4n) is 2.23. The van der Waals surface area contributed by atoms with Crippen LogP contribution in [0.5, 0.6) is 0 Å². The topological polar surface area (TPSA) is 84.2 Å². The van der Waals surface area contributed by atoms with Crippen molar-refractivity contribution >= 4 is 17.5 Å². The van der Waals surface area contributed by atoms with E-state index >= 15 is 0 Å². The number of fused-ring (bicyclic) bond motifs is 1. The molecule has 1 heterocycles. The molecule has 108 valence electrons. The van der Waals surface area contributed by atoms with Gasteiger partial charge in [0, 0.05) is 23.3 Å². The van der Waals surface area contributed by atoms with Crippen LogP contribution in [0.1, 0.15) is 42.6 Å². The lowest BCUT2D eigenvalue weighted by Gasteiger charge is -2.26. The highest BCUT2D eigenvalue weighted by molar-refractivity contribution is 6.01. The third-order valence-corrected chi connectivity index (χ3v) is 4.00. The van der Waals surface area contributed by atoms with Crippen molar-refractivity contribution in [1.82, 2.24) is 5.32 Å². The number of rotatable bonds is 5. The molecule has 0 aromatic heterocycles. The normalized spacial score (nSPS) is 13.8. The fraction of sp³-hybridized carbons (Fsp3) is 0.467. The maximum Gasteiger partial charge on any atom is 0.251 e. The van der Waals surface area contributed by atoms with Crippen LogP contribution in [0.4, 0.5) is 5.69 Å². The Bertz CT molecular complexity index is 536. The van der Waals surface area contributed by atoms with Gasteiger partial charge in [-0.25, -0.2) is 0 Å². The van der Waals surface area contributed by atoms with Crippen LogP contribution in [-0.2, 0) is 11.2 Å². The van der Waals surface area contributed by atoms with Gasteiger partial charge in [0.15, 0.2) is 0 Å². The zero-order valence-electron chi connectivity index (χ0n) is 12.0. The molecule has 0 bridgehead atoms. The van der Waals surface area contributed by atoms with Crippen LogP contribution in [0.3, 0.4) is 0 Å². The minimum atomic E-state index is -0.357. The third-order valence-electron chi connectivity index (χ3n) is 4.00. The fourth-order valence-corrected chi connectivity index (χ4v) is 2.23. The molecule has 0 radical (unpaired) electrons. The molecule has 0 saturated carbocycles. The third kappa shape index (κ3) is 2.99. The second-order valence-corrected chi connectivity index (χ2v) is 5.35. The van der Waals surface area contributed by atoms with E-state index < -0.39 is 0 Å². The van der Waals surface area contributed by atoms with Crippen molar-refractivity contribution in [3.63, 3.8) is 0 Å². The van der Waals surface area contributed by atoms with Gasteiger partial charge in [-0.2, -0.15) is 0 Å². The molecule has 0 saturated heterocycles. The van der Waals surface area contributed by atoms with Crippen LogP contribution in [0.25, 0.3) is 0 Å². The van der Waals surface area contributed by atoms with Gasteiger partial charge < -0.3 is 16.4 Å². The number of benzene rings is 1. The van der Waals surface area contributed by atoms with Crippen molar-refractivity contribution in [2.75, 3.05) is 11.9 Å². The van der Waals surface area contributed by atoms with E-state index in [-0.39, 0.29) is 17.4 Å². The van der Waals surface area contributed by atoms with E-state index in [0.717, 1.165) is 24.1 Å². The average molecular weight is 275 g/mol. The lowest BCUT2D eigenvalue weighted by Crippen LogP contribution is -2.49. The van der Waals surface area contributed by atoms with E-state index in [1.165, 1.54) is 0 Å². The van der Waals surface area contributed by atoms with Crippen molar-refractivity contribution in [2.24, 2.45) is 5.73 Å². The van der Waals surface area contributed by atoms with Gasteiger partial charge in [0.2, 0.25) is 5.91 Å². The summed E-state index contributed by atoms with van der Waals surface area (Å²) in [6.07, 6.45) is 1.96. The van der Waals surface area contributed by atoms with Crippen LogP contribution < -0.4 is 16.4 Å². The Morgan fingerprint density at radius 3 is 2.75 bits per heavy atom. The van der Waals surface area contributed by atoms with Crippen molar-refractivity contribution in [3.8, 4) is 0 Å². The Kier molecular flexibility index (Phi) is 4.09. The van der Waals surface area contributed by atoms with Gasteiger partial charge in [0.05, 0.1) is 6.42 Å². The Labute approximate surface area is 118 Å². The Morgan fingerprint density at radius 1 is 1.40 bits per heavy atom. The quantitative estimate of drug-likeness (QED) is 0.760. The number of nitrogens with one attached hydrogen (secondary N) is 2. The zero-order chi connectivity index (χ0) is 14.8. The Balaban J connectivity index is 2.04. The molecular weight excluding hydrogens is 254 g/mol. The molecule has 2 amide bonds. The summed E-state index contributed by atoms with van der Waals surface area (Å²) in [5, 5.41) is 5.62. The molecule has 1 aliphatic heterocycles. The molecule has 5 nitrogen and oxygen atoms in total. The number of hydrogen-bond donors (Lipinski definition) is 3. The van der Waals surface area contributed by atoms with Gasteiger partial charge >= 0.3 is 0 Å². The van der Waals surface area contributed by atoms with Gasteiger partial charge in [-0.05, 0) is 36.6 Å². The molecule has 2 rings (SSSR count). The second-order valence-electron chi connectivity index (χ2n) is 5.35. The highest BCUT2D eigenvalue weighted by atomic mass is 16.2. The van der Waals surface area contributed by atoms with E-state index in [0.29, 0.717) is 18.5 Å². The number of nitrogens with two attached hydrogens (primary N) is 1. The summed E-state index contributed by atoms with van der Waals surface area (Å²) in [6.45, 7) is 4.48. The summed E-state index contributed by atoms with van der Waals surface area (Å²) >= 11 is 0. The molecule has 0 spiro atoms. The van der Waals surface area contributed by atoms with Crippen molar-refractivity contribution in [1.29, 1.82) is 0 Å². The summed E-state index contributed by atoms with van der Waals surface area (Å²) in [6, 6.07) is 5.25. The minimum Gasteiger partial charge on any atom is -0.350 e. The molecule has 1 aromatic rings. The first-order chi connectivity index (χ1) is 9.47. The van der Waals surface area contributed by atoms with Crippen molar-refractivity contribution in [3.05, 3.63) is 29.3 Å². The molecule has 5 heteroatoms. The summed E-state index contributed by atoms with van der Waals surface area (Å²) in [7, 11) is 0. The molecule has 0 aliphatic carbocycles. The number of hydrogen-bond acceptors (Lipinski definition) is 3. The van der Waals surface area contributed by atoms with E-state index in [1.807, 2.05) is 13.8 Å². The Morgan fingerprint density at radius 2 is 2.10 bits per heavy atom. The summed E-state index contributed by atoms with van der Waals surface area (Å²) in [4.78, 5) is 23.4. The second kappa shape index (κ2) is 5.63. The Hall–Kier alpha value is -1.88. The molecule has 1 aliphatic rings. The summed E-state index contributed by atoms with van der Waals surface area (Å²) in [5.41, 5.74) is 8.03. The lowest BCUT2D eigenvalue weighted by atomic mass is 9.94. The van der Waals surface area contributed by atoms with Crippen LogP contribution in [-0.4, -0.2) is 23.9 Å². The standard InChI is InChI=1S/C15H21N3O2/c1-3-15(16,4-2)9-17-14(20)10-5-6-12-11(7-10)8-13(19)18-12/h5-7H,3-4,8-9,16H2,1-2H3,(H,17,20)(H,18,19). The van der Waals surface area contributed by atoms with Gasteiger partial charge in [-0.3, -0.25) is 9.59 Å².